The summed E-state index contributed by atoms with van der Waals surface area (Å²) in [6, 6.07) is 5.79. The molecule has 1 atom stereocenters. The number of rotatable bonds is 5. The van der Waals surface area contributed by atoms with Gasteiger partial charge in [-0.1, -0.05) is 12.1 Å². The number of carbonyl (C=O) groups is 1. The summed E-state index contributed by atoms with van der Waals surface area (Å²) in [7, 11) is 3.45. The van der Waals surface area contributed by atoms with Gasteiger partial charge in [0, 0.05) is 31.9 Å². The van der Waals surface area contributed by atoms with Crippen LogP contribution in [0.3, 0.4) is 0 Å². The van der Waals surface area contributed by atoms with E-state index >= 15 is 0 Å². The topological polar surface area (TPSA) is 56.6 Å². The number of nitrogens with zero attached hydrogens (tertiary/aromatic N) is 3. The fraction of sp³-hybridized carbons (Fsp3) is 0.444. The molecule has 1 aromatic heterocycles. The van der Waals surface area contributed by atoms with E-state index in [9.17, 15) is 4.79 Å². The molecule has 0 spiro atoms. The van der Waals surface area contributed by atoms with Gasteiger partial charge in [0.05, 0.1) is 19.2 Å². The van der Waals surface area contributed by atoms with E-state index in [1.165, 1.54) is 0 Å². The number of fused-ring (bicyclic) bond motifs is 1. The van der Waals surface area contributed by atoms with Crippen LogP contribution in [-0.4, -0.2) is 41.4 Å². The maximum absolute atomic E-state index is 12.7. The molecular weight excluding hydrogens is 306 g/mol. The van der Waals surface area contributed by atoms with E-state index in [0.29, 0.717) is 19.6 Å². The Labute approximate surface area is 142 Å². The van der Waals surface area contributed by atoms with Crippen LogP contribution in [0.2, 0.25) is 0 Å². The van der Waals surface area contributed by atoms with Crippen LogP contribution in [-0.2, 0) is 24.3 Å². The van der Waals surface area contributed by atoms with Gasteiger partial charge in [0.2, 0.25) is 5.91 Å². The predicted molar refractivity (Wildman–Crippen MR) is 90.1 cm³/mol. The number of para-hydroxylation sites is 1. The molecule has 2 heterocycles. The van der Waals surface area contributed by atoms with E-state index in [2.05, 4.69) is 5.10 Å². The second kappa shape index (κ2) is 6.95. The minimum Gasteiger partial charge on any atom is -0.493 e. The van der Waals surface area contributed by atoms with Gasteiger partial charge in [0.1, 0.15) is 6.61 Å². The molecular formula is C18H23N3O3. The van der Waals surface area contributed by atoms with Gasteiger partial charge in [-0.05, 0) is 25.0 Å². The summed E-state index contributed by atoms with van der Waals surface area (Å²) >= 11 is 0. The Bertz CT molecular complexity index is 726. The zero-order valence-electron chi connectivity index (χ0n) is 14.4. The van der Waals surface area contributed by atoms with Crippen molar-refractivity contribution in [2.24, 2.45) is 5.92 Å². The lowest BCUT2D eigenvalue weighted by Crippen LogP contribution is -2.38. The molecule has 0 saturated heterocycles. The van der Waals surface area contributed by atoms with Crippen molar-refractivity contribution in [1.82, 2.24) is 14.7 Å². The first-order valence-corrected chi connectivity index (χ1v) is 8.17. The SMILES string of the molecule is CCn1cc(CN(C)C(=O)[C@H]2COc3c(cccc3OC)C2)cn1. The molecule has 0 N–H and O–H groups in total. The molecule has 1 aliphatic rings. The van der Waals surface area contributed by atoms with Gasteiger partial charge in [-0.25, -0.2) is 0 Å². The molecule has 0 unspecified atom stereocenters. The van der Waals surface area contributed by atoms with Crippen LogP contribution in [0.25, 0.3) is 0 Å². The maximum atomic E-state index is 12.7. The highest BCUT2D eigenvalue weighted by Crippen LogP contribution is 2.36. The Morgan fingerprint density at radius 3 is 3.04 bits per heavy atom. The predicted octanol–water partition coefficient (Wildman–Crippen LogP) is 2.12. The smallest absolute Gasteiger partial charge is 0.229 e. The largest absolute Gasteiger partial charge is 0.493 e. The molecule has 1 amide bonds. The van der Waals surface area contributed by atoms with Crippen LogP contribution in [0.4, 0.5) is 0 Å². The van der Waals surface area contributed by atoms with Crippen LogP contribution < -0.4 is 9.47 Å². The molecule has 2 aromatic rings. The number of amides is 1. The molecule has 1 aromatic carbocycles. The van der Waals surface area contributed by atoms with E-state index in [1.807, 2.05) is 49.2 Å². The first-order valence-electron chi connectivity index (χ1n) is 8.17. The normalized spacial score (nSPS) is 16.2. The third-order valence-electron chi connectivity index (χ3n) is 4.33. The van der Waals surface area contributed by atoms with Crippen LogP contribution in [0, 0.1) is 5.92 Å². The average Bonchev–Trinajstić information content (AvgIpc) is 3.07. The summed E-state index contributed by atoms with van der Waals surface area (Å²) in [5.74, 6) is 1.40. The van der Waals surface area contributed by atoms with Gasteiger partial charge in [0.15, 0.2) is 11.5 Å². The maximum Gasteiger partial charge on any atom is 0.229 e. The Hall–Kier alpha value is -2.50. The number of aryl methyl sites for hydroxylation is 1. The monoisotopic (exact) mass is 329 g/mol. The number of methoxy groups -OCH3 is 1. The summed E-state index contributed by atoms with van der Waals surface area (Å²) in [6.45, 7) is 3.80. The van der Waals surface area contributed by atoms with Crippen molar-refractivity contribution >= 4 is 5.91 Å². The highest BCUT2D eigenvalue weighted by atomic mass is 16.5. The number of aromatic nitrogens is 2. The molecule has 24 heavy (non-hydrogen) atoms. The van der Waals surface area contributed by atoms with Gasteiger partial charge in [-0.2, -0.15) is 5.10 Å². The fourth-order valence-electron chi connectivity index (χ4n) is 3.04. The van der Waals surface area contributed by atoms with E-state index in [0.717, 1.165) is 29.2 Å². The Morgan fingerprint density at radius 1 is 1.50 bits per heavy atom. The van der Waals surface area contributed by atoms with Crippen molar-refractivity contribution in [3.63, 3.8) is 0 Å². The third kappa shape index (κ3) is 3.22. The summed E-state index contributed by atoms with van der Waals surface area (Å²) in [5, 5.41) is 4.25. The summed E-state index contributed by atoms with van der Waals surface area (Å²) in [4.78, 5) is 14.5. The van der Waals surface area contributed by atoms with Gasteiger partial charge < -0.3 is 14.4 Å². The second-order valence-electron chi connectivity index (χ2n) is 6.06. The number of ether oxygens (including phenoxy) is 2. The number of carbonyl (C=O) groups excluding carboxylic acids is 1. The third-order valence-corrected chi connectivity index (χ3v) is 4.33. The van der Waals surface area contributed by atoms with Crippen molar-refractivity contribution in [2.75, 3.05) is 20.8 Å². The quantitative estimate of drug-likeness (QED) is 0.843. The molecule has 0 radical (unpaired) electrons. The first kappa shape index (κ1) is 16.4. The number of benzene rings is 1. The second-order valence-corrected chi connectivity index (χ2v) is 6.06. The molecule has 0 saturated carbocycles. The van der Waals surface area contributed by atoms with Crippen LogP contribution in [0.5, 0.6) is 11.5 Å². The van der Waals surface area contributed by atoms with E-state index < -0.39 is 0 Å². The minimum atomic E-state index is -0.171. The lowest BCUT2D eigenvalue weighted by molar-refractivity contribution is -0.136. The highest BCUT2D eigenvalue weighted by Gasteiger charge is 2.29. The lowest BCUT2D eigenvalue weighted by Gasteiger charge is -2.28. The summed E-state index contributed by atoms with van der Waals surface area (Å²) in [6.07, 6.45) is 4.45. The number of hydrogen-bond donors (Lipinski definition) is 0. The molecule has 1 aliphatic heterocycles. The molecule has 6 nitrogen and oxygen atoms in total. The van der Waals surface area contributed by atoms with Gasteiger partial charge >= 0.3 is 0 Å². The molecule has 0 aliphatic carbocycles. The Balaban J connectivity index is 1.67. The van der Waals surface area contributed by atoms with Crippen molar-refractivity contribution in [3.05, 3.63) is 41.7 Å². The Kier molecular flexibility index (Phi) is 4.74. The first-order chi connectivity index (χ1) is 11.6. The summed E-state index contributed by atoms with van der Waals surface area (Å²) < 4.78 is 13.0. The minimum absolute atomic E-state index is 0.0905. The standard InChI is InChI=1S/C18H23N3O3/c1-4-21-11-13(9-19-21)10-20(2)18(22)15-8-14-6-5-7-16(23-3)17(14)24-12-15/h5-7,9,11,15H,4,8,10,12H2,1-3H3/t15-/m1/s1. The number of hydrogen-bond acceptors (Lipinski definition) is 4. The van der Waals surface area contributed by atoms with E-state index in [-0.39, 0.29) is 11.8 Å². The van der Waals surface area contributed by atoms with E-state index in [4.69, 9.17) is 9.47 Å². The van der Waals surface area contributed by atoms with E-state index in [1.54, 1.807) is 12.0 Å². The van der Waals surface area contributed by atoms with Gasteiger partial charge in [0.25, 0.3) is 0 Å². The van der Waals surface area contributed by atoms with Crippen LogP contribution >= 0.6 is 0 Å². The van der Waals surface area contributed by atoms with Crippen LogP contribution in [0.1, 0.15) is 18.1 Å². The van der Waals surface area contributed by atoms with Gasteiger partial charge in [-0.15, -0.1) is 0 Å². The van der Waals surface area contributed by atoms with Crippen molar-refractivity contribution in [3.8, 4) is 11.5 Å². The van der Waals surface area contributed by atoms with Crippen molar-refractivity contribution in [2.45, 2.75) is 26.4 Å². The molecule has 3 rings (SSSR count). The molecule has 6 heteroatoms. The zero-order chi connectivity index (χ0) is 17.1. The van der Waals surface area contributed by atoms with Crippen LogP contribution in [0.15, 0.2) is 30.6 Å². The zero-order valence-corrected chi connectivity index (χ0v) is 14.4. The molecule has 0 fully saturated rings. The molecule has 0 bridgehead atoms. The fourth-order valence-corrected chi connectivity index (χ4v) is 3.04. The van der Waals surface area contributed by atoms with Crippen molar-refractivity contribution in [1.29, 1.82) is 0 Å². The molecule has 128 valence electrons. The van der Waals surface area contributed by atoms with Crippen molar-refractivity contribution < 1.29 is 14.3 Å². The average molecular weight is 329 g/mol. The lowest BCUT2D eigenvalue weighted by atomic mass is 9.95. The summed E-state index contributed by atoms with van der Waals surface area (Å²) in [5.41, 5.74) is 2.05. The Morgan fingerprint density at radius 2 is 2.33 bits per heavy atom. The van der Waals surface area contributed by atoms with Gasteiger partial charge in [-0.3, -0.25) is 9.48 Å². The highest BCUT2D eigenvalue weighted by molar-refractivity contribution is 5.79.